The van der Waals surface area contributed by atoms with Gasteiger partial charge in [-0.05, 0) is 24.3 Å². The molecule has 0 bridgehead atoms. The van der Waals surface area contributed by atoms with Gasteiger partial charge in [-0.15, -0.1) is 0 Å². The quantitative estimate of drug-likeness (QED) is 0.929. The zero-order valence-corrected chi connectivity index (χ0v) is 10.4. The zero-order chi connectivity index (χ0) is 13.1. The highest BCUT2D eigenvalue weighted by Crippen LogP contribution is 2.28. The summed E-state index contributed by atoms with van der Waals surface area (Å²) in [4.78, 5) is 14.6. The molecule has 1 aromatic heterocycles. The molecule has 2 aromatic rings. The number of halogens is 2. The molecule has 0 aliphatic heterocycles. The van der Waals surface area contributed by atoms with Crippen LogP contribution in [-0.2, 0) is 0 Å². The number of rotatable bonds is 3. The van der Waals surface area contributed by atoms with E-state index in [2.05, 4.69) is 4.98 Å². The van der Waals surface area contributed by atoms with Gasteiger partial charge >= 0.3 is 5.97 Å². The van der Waals surface area contributed by atoms with Gasteiger partial charge in [0.1, 0.15) is 11.5 Å². The van der Waals surface area contributed by atoms with E-state index in [-0.39, 0.29) is 5.56 Å². The average molecular weight is 284 g/mol. The fourth-order valence-electron chi connectivity index (χ4n) is 1.32. The van der Waals surface area contributed by atoms with E-state index in [1.165, 1.54) is 18.5 Å². The maximum Gasteiger partial charge on any atom is 0.337 e. The third-order valence-electron chi connectivity index (χ3n) is 2.03. The van der Waals surface area contributed by atoms with Crippen molar-refractivity contribution in [2.45, 2.75) is 0 Å². The summed E-state index contributed by atoms with van der Waals surface area (Å²) in [5.41, 5.74) is 0.0422. The van der Waals surface area contributed by atoms with Gasteiger partial charge in [0.25, 0.3) is 0 Å². The summed E-state index contributed by atoms with van der Waals surface area (Å²) in [7, 11) is 0. The Morgan fingerprint density at radius 2 is 1.72 bits per heavy atom. The van der Waals surface area contributed by atoms with E-state index >= 15 is 0 Å². The minimum Gasteiger partial charge on any atom is -0.478 e. The Kier molecular flexibility index (Phi) is 3.69. The summed E-state index contributed by atoms with van der Waals surface area (Å²) in [6, 6.07) is 6.08. The predicted octanol–water partition coefficient (Wildman–Crippen LogP) is 3.88. The molecule has 1 N–H and O–H groups in total. The Bertz CT molecular complexity index is 581. The van der Waals surface area contributed by atoms with Crippen molar-refractivity contribution < 1.29 is 14.6 Å². The number of benzene rings is 1. The smallest absolute Gasteiger partial charge is 0.337 e. The van der Waals surface area contributed by atoms with Gasteiger partial charge in [-0.25, -0.2) is 4.79 Å². The summed E-state index contributed by atoms with van der Waals surface area (Å²) in [5, 5.41) is 9.69. The van der Waals surface area contributed by atoms with Crippen molar-refractivity contribution in [1.82, 2.24) is 4.98 Å². The van der Waals surface area contributed by atoms with Crippen LogP contribution in [0.25, 0.3) is 0 Å². The number of aromatic nitrogens is 1. The summed E-state index contributed by atoms with van der Waals surface area (Å²) < 4.78 is 5.44. The van der Waals surface area contributed by atoms with Crippen molar-refractivity contribution >= 4 is 29.2 Å². The van der Waals surface area contributed by atoms with Crippen LogP contribution in [0, 0.1) is 0 Å². The van der Waals surface area contributed by atoms with Crippen molar-refractivity contribution in [3.63, 3.8) is 0 Å². The highest BCUT2D eigenvalue weighted by Gasteiger charge is 2.06. The summed E-state index contributed by atoms with van der Waals surface area (Å²) in [6.07, 6.45) is 2.64. The second-order valence-corrected chi connectivity index (χ2v) is 4.29. The maximum absolute atomic E-state index is 10.8. The van der Waals surface area contributed by atoms with Crippen LogP contribution in [0.5, 0.6) is 11.5 Å². The van der Waals surface area contributed by atoms with Crippen molar-refractivity contribution in [3.8, 4) is 11.5 Å². The molecule has 0 saturated carbocycles. The number of hydrogen-bond donors (Lipinski definition) is 1. The molecule has 0 radical (unpaired) electrons. The van der Waals surface area contributed by atoms with E-state index in [1.807, 2.05) is 0 Å². The van der Waals surface area contributed by atoms with E-state index in [1.54, 1.807) is 18.2 Å². The molecule has 0 saturated heterocycles. The van der Waals surface area contributed by atoms with Gasteiger partial charge in [-0.2, -0.15) is 0 Å². The number of ether oxygens (including phenoxy) is 1. The van der Waals surface area contributed by atoms with Crippen molar-refractivity contribution in [3.05, 3.63) is 52.3 Å². The van der Waals surface area contributed by atoms with Crippen LogP contribution >= 0.6 is 23.2 Å². The number of nitrogens with zero attached hydrogens (tertiary/aromatic N) is 1. The molecule has 92 valence electrons. The van der Waals surface area contributed by atoms with Crippen LogP contribution in [-0.4, -0.2) is 16.1 Å². The van der Waals surface area contributed by atoms with E-state index in [4.69, 9.17) is 33.0 Å². The van der Waals surface area contributed by atoms with Gasteiger partial charge in [-0.1, -0.05) is 23.2 Å². The number of carboxylic acid groups (broad SMARTS) is 1. The van der Waals surface area contributed by atoms with Crippen molar-refractivity contribution in [2.24, 2.45) is 0 Å². The van der Waals surface area contributed by atoms with E-state index in [9.17, 15) is 4.79 Å². The van der Waals surface area contributed by atoms with Gasteiger partial charge < -0.3 is 9.84 Å². The molecule has 6 heteroatoms. The van der Waals surface area contributed by atoms with Crippen molar-refractivity contribution in [1.29, 1.82) is 0 Å². The van der Waals surface area contributed by atoms with Gasteiger partial charge in [0.05, 0.1) is 11.8 Å². The minimum absolute atomic E-state index is 0.0422. The normalized spacial score (nSPS) is 10.1. The SMILES string of the molecule is O=C(O)c1cncc(Oc2cc(Cl)cc(Cl)c2)c1. The molecule has 0 aliphatic rings. The second-order valence-electron chi connectivity index (χ2n) is 3.42. The third-order valence-corrected chi connectivity index (χ3v) is 2.47. The first-order valence-electron chi connectivity index (χ1n) is 4.87. The predicted molar refractivity (Wildman–Crippen MR) is 67.7 cm³/mol. The fraction of sp³-hybridized carbons (Fsp3) is 0. The number of hydrogen-bond acceptors (Lipinski definition) is 3. The Hall–Kier alpha value is -1.78. The molecular weight excluding hydrogens is 277 g/mol. The Labute approximate surface area is 113 Å². The van der Waals surface area contributed by atoms with E-state index in [0.717, 1.165) is 0 Å². The molecule has 0 atom stereocenters. The lowest BCUT2D eigenvalue weighted by molar-refractivity contribution is 0.0696. The first-order valence-corrected chi connectivity index (χ1v) is 5.62. The topological polar surface area (TPSA) is 59.4 Å². The van der Waals surface area contributed by atoms with Crippen LogP contribution in [0.2, 0.25) is 10.0 Å². The van der Waals surface area contributed by atoms with Gasteiger partial charge in [0, 0.05) is 16.2 Å². The van der Waals surface area contributed by atoms with Crippen LogP contribution in [0.3, 0.4) is 0 Å². The van der Waals surface area contributed by atoms with Crippen LogP contribution < -0.4 is 4.74 Å². The lowest BCUT2D eigenvalue weighted by Crippen LogP contribution is -1.97. The fourth-order valence-corrected chi connectivity index (χ4v) is 1.82. The summed E-state index contributed by atoms with van der Waals surface area (Å²) >= 11 is 11.6. The molecule has 0 fully saturated rings. The van der Waals surface area contributed by atoms with Gasteiger partial charge in [0.15, 0.2) is 0 Å². The molecule has 1 aromatic carbocycles. The first kappa shape index (κ1) is 12.7. The summed E-state index contributed by atoms with van der Waals surface area (Å²) in [6.45, 7) is 0. The number of pyridine rings is 1. The second kappa shape index (κ2) is 5.25. The molecule has 4 nitrogen and oxygen atoms in total. The van der Waals surface area contributed by atoms with Gasteiger partial charge in [-0.3, -0.25) is 4.98 Å². The summed E-state index contributed by atoms with van der Waals surface area (Å²) in [5.74, 6) is -0.359. The average Bonchev–Trinajstić information content (AvgIpc) is 2.27. The number of carboxylic acids is 1. The molecule has 0 unspecified atom stereocenters. The molecule has 0 aliphatic carbocycles. The third kappa shape index (κ3) is 3.12. The number of carbonyl (C=O) groups is 1. The zero-order valence-electron chi connectivity index (χ0n) is 8.93. The lowest BCUT2D eigenvalue weighted by atomic mass is 10.3. The highest BCUT2D eigenvalue weighted by molar-refractivity contribution is 6.34. The lowest BCUT2D eigenvalue weighted by Gasteiger charge is -2.06. The van der Waals surface area contributed by atoms with E-state index in [0.29, 0.717) is 21.5 Å². The first-order chi connectivity index (χ1) is 8.54. The van der Waals surface area contributed by atoms with E-state index < -0.39 is 5.97 Å². The molecule has 2 rings (SSSR count). The number of aromatic carboxylic acids is 1. The Morgan fingerprint density at radius 3 is 2.33 bits per heavy atom. The Balaban J connectivity index is 2.28. The van der Waals surface area contributed by atoms with Crippen LogP contribution in [0.15, 0.2) is 36.7 Å². The Morgan fingerprint density at radius 1 is 1.06 bits per heavy atom. The standard InChI is InChI=1S/C12H7Cl2NO3/c13-8-2-9(14)4-10(3-8)18-11-1-7(12(16)17)5-15-6-11/h1-6H,(H,16,17). The minimum atomic E-state index is -1.07. The molecule has 18 heavy (non-hydrogen) atoms. The van der Waals surface area contributed by atoms with Gasteiger partial charge in [0.2, 0.25) is 0 Å². The highest BCUT2D eigenvalue weighted by atomic mass is 35.5. The largest absolute Gasteiger partial charge is 0.478 e. The maximum atomic E-state index is 10.8. The van der Waals surface area contributed by atoms with Crippen LogP contribution in [0.1, 0.15) is 10.4 Å². The molecule has 0 amide bonds. The monoisotopic (exact) mass is 283 g/mol. The molecule has 0 spiro atoms. The van der Waals surface area contributed by atoms with Crippen LogP contribution in [0.4, 0.5) is 0 Å². The molecule has 1 heterocycles. The van der Waals surface area contributed by atoms with Crippen molar-refractivity contribution in [2.75, 3.05) is 0 Å². The molecular formula is C12H7Cl2NO3.